The number of aromatic nitrogens is 3. The van der Waals surface area contributed by atoms with Crippen molar-refractivity contribution in [1.29, 1.82) is 0 Å². The van der Waals surface area contributed by atoms with E-state index >= 15 is 0 Å². The molecule has 0 saturated heterocycles. The maximum Gasteiger partial charge on any atom is 0.236 e. The zero-order chi connectivity index (χ0) is 38.6. The number of thiophene rings is 1. The molecule has 0 aliphatic heterocycles. The third-order valence-electron chi connectivity index (χ3n) is 12.0. The van der Waals surface area contributed by atoms with Crippen molar-refractivity contribution >= 4 is 96.9 Å². The van der Waals surface area contributed by atoms with Gasteiger partial charge in [-0.05, 0) is 86.9 Å². The van der Waals surface area contributed by atoms with Crippen LogP contribution in [-0.2, 0) is 0 Å². The highest BCUT2D eigenvalue weighted by Crippen LogP contribution is 2.45. The molecular formula is C54H31N3OS. The van der Waals surface area contributed by atoms with Crippen LogP contribution in [0.2, 0.25) is 0 Å². The van der Waals surface area contributed by atoms with Crippen molar-refractivity contribution in [2.24, 2.45) is 0 Å². The molecule has 59 heavy (non-hydrogen) atoms. The number of rotatable bonds is 4. The molecule has 4 heterocycles. The van der Waals surface area contributed by atoms with E-state index in [1.54, 1.807) is 11.3 Å². The maximum absolute atomic E-state index is 6.77. The fourth-order valence-corrected chi connectivity index (χ4v) is 10.3. The predicted octanol–water partition coefficient (Wildman–Crippen LogP) is 15.1. The minimum atomic E-state index is 0.642. The Bertz CT molecular complexity index is 3830. The summed E-state index contributed by atoms with van der Waals surface area (Å²) in [6, 6.07) is 67.1. The van der Waals surface area contributed by atoms with Gasteiger partial charge in [0.1, 0.15) is 16.0 Å². The van der Waals surface area contributed by atoms with E-state index in [0.29, 0.717) is 5.95 Å². The fourth-order valence-electron chi connectivity index (χ4n) is 9.24. The Balaban J connectivity index is 1.13. The van der Waals surface area contributed by atoms with Crippen molar-refractivity contribution in [2.45, 2.75) is 0 Å². The zero-order valence-electron chi connectivity index (χ0n) is 31.6. The lowest BCUT2D eigenvalue weighted by molar-refractivity contribution is 0.673. The van der Waals surface area contributed by atoms with Gasteiger partial charge in [0, 0.05) is 48.0 Å². The molecule has 4 aromatic heterocycles. The van der Waals surface area contributed by atoms with Crippen LogP contribution in [-0.4, -0.2) is 14.5 Å². The van der Waals surface area contributed by atoms with Crippen LogP contribution in [0.4, 0.5) is 0 Å². The molecule has 0 radical (unpaired) electrons. The minimum absolute atomic E-state index is 0.642. The average Bonchev–Trinajstić information content (AvgIpc) is 3.98. The van der Waals surface area contributed by atoms with Gasteiger partial charge in [-0.2, -0.15) is 0 Å². The van der Waals surface area contributed by atoms with Gasteiger partial charge in [0.2, 0.25) is 5.95 Å². The van der Waals surface area contributed by atoms with E-state index in [-0.39, 0.29) is 0 Å². The molecule has 0 fully saturated rings. The monoisotopic (exact) mass is 769 g/mol. The first-order chi connectivity index (χ1) is 29.2. The second kappa shape index (κ2) is 12.4. The second-order valence-electron chi connectivity index (χ2n) is 15.3. The van der Waals surface area contributed by atoms with Gasteiger partial charge < -0.3 is 4.42 Å². The zero-order valence-corrected chi connectivity index (χ0v) is 32.4. The van der Waals surface area contributed by atoms with Gasteiger partial charge in [0.05, 0.1) is 16.7 Å². The molecule has 4 nitrogen and oxygen atoms in total. The molecule has 0 aliphatic carbocycles. The topological polar surface area (TPSA) is 43.9 Å². The van der Waals surface area contributed by atoms with Crippen LogP contribution in [0.15, 0.2) is 192 Å². The van der Waals surface area contributed by atoms with E-state index in [0.717, 1.165) is 81.6 Å². The van der Waals surface area contributed by atoms with Crippen LogP contribution in [0.5, 0.6) is 0 Å². The quantitative estimate of drug-likeness (QED) is 0.179. The Morgan fingerprint density at radius 1 is 0.407 bits per heavy atom. The van der Waals surface area contributed by atoms with Gasteiger partial charge in [-0.1, -0.05) is 140 Å². The Kier molecular flexibility index (Phi) is 6.85. The van der Waals surface area contributed by atoms with Crippen LogP contribution >= 0.6 is 11.3 Å². The summed E-state index contributed by atoms with van der Waals surface area (Å²) in [5.41, 5.74) is 10.5. The summed E-state index contributed by atoms with van der Waals surface area (Å²) in [5.74, 6) is 0.642. The van der Waals surface area contributed by atoms with Crippen molar-refractivity contribution < 1.29 is 4.42 Å². The van der Waals surface area contributed by atoms with E-state index in [2.05, 4.69) is 193 Å². The lowest BCUT2D eigenvalue weighted by Crippen LogP contribution is -2.02. The highest BCUT2D eigenvalue weighted by molar-refractivity contribution is 7.25. The first kappa shape index (κ1) is 32.5. The third-order valence-corrected chi connectivity index (χ3v) is 13.1. The maximum atomic E-state index is 6.77. The first-order valence-corrected chi connectivity index (χ1v) is 20.7. The molecule has 0 saturated carbocycles. The number of hydrogen-bond acceptors (Lipinski definition) is 4. The van der Waals surface area contributed by atoms with Gasteiger partial charge in [-0.15, -0.1) is 11.3 Å². The highest BCUT2D eigenvalue weighted by atomic mass is 32.1. The van der Waals surface area contributed by atoms with Crippen molar-refractivity contribution in [3.05, 3.63) is 188 Å². The smallest absolute Gasteiger partial charge is 0.236 e. The van der Waals surface area contributed by atoms with Crippen molar-refractivity contribution in [2.75, 3.05) is 0 Å². The van der Waals surface area contributed by atoms with Crippen molar-refractivity contribution in [3.8, 4) is 39.5 Å². The molecule has 0 bridgehead atoms. The Labute approximate surface area is 341 Å². The number of nitrogens with zero attached hydrogens (tertiary/aromatic N) is 3. The van der Waals surface area contributed by atoms with Gasteiger partial charge in [-0.25, -0.2) is 9.97 Å². The van der Waals surface area contributed by atoms with E-state index in [1.807, 2.05) is 0 Å². The summed E-state index contributed by atoms with van der Waals surface area (Å²) in [6.07, 6.45) is 0. The Morgan fingerprint density at radius 3 is 1.85 bits per heavy atom. The van der Waals surface area contributed by atoms with Crippen LogP contribution in [0.25, 0.3) is 125 Å². The fraction of sp³-hybridized carbons (Fsp3) is 0. The van der Waals surface area contributed by atoms with Crippen LogP contribution in [0, 0.1) is 0 Å². The molecule has 13 rings (SSSR count). The molecule has 13 aromatic rings. The molecule has 0 spiro atoms. The standard InChI is InChI=1S/C54H31N3OS/c1-4-12-32(13-5-1)36-21-25-45-42(28-36)43-30-38-20-24-40-44-29-37(33-14-6-2-7-15-33)22-26-47(44)58-52(40)41(38)31-46(43)57(45)54-55-51(35-17-8-3-9-18-35)50-49-39-19-11-10-16-34(39)23-27-48(49)59-53(50)56-54/h1-31H. The van der Waals surface area contributed by atoms with Gasteiger partial charge in [0.25, 0.3) is 0 Å². The summed E-state index contributed by atoms with van der Waals surface area (Å²) in [5, 5.41) is 11.4. The summed E-state index contributed by atoms with van der Waals surface area (Å²) in [4.78, 5) is 12.0. The van der Waals surface area contributed by atoms with Crippen molar-refractivity contribution in [1.82, 2.24) is 14.5 Å². The molecule has 0 atom stereocenters. The average molecular weight is 770 g/mol. The van der Waals surface area contributed by atoms with E-state index in [1.165, 1.54) is 37.5 Å². The van der Waals surface area contributed by atoms with Crippen molar-refractivity contribution in [3.63, 3.8) is 0 Å². The summed E-state index contributed by atoms with van der Waals surface area (Å²) < 4.78 is 10.2. The normalized spacial score (nSPS) is 12.1. The number of furan rings is 1. The Hall–Kier alpha value is -7.60. The summed E-state index contributed by atoms with van der Waals surface area (Å²) in [7, 11) is 0. The molecule has 0 unspecified atom stereocenters. The predicted molar refractivity (Wildman–Crippen MR) is 248 cm³/mol. The summed E-state index contributed by atoms with van der Waals surface area (Å²) in [6.45, 7) is 0. The second-order valence-corrected chi connectivity index (χ2v) is 16.4. The largest absolute Gasteiger partial charge is 0.455 e. The molecule has 9 aromatic carbocycles. The number of benzene rings is 9. The van der Waals surface area contributed by atoms with E-state index in [4.69, 9.17) is 14.4 Å². The van der Waals surface area contributed by atoms with E-state index < -0.39 is 0 Å². The number of hydrogen-bond donors (Lipinski definition) is 0. The van der Waals surface area contributed by atoms with Crippen LogP contribution in [0.1, 0.15) is 0 Å². The number of fused-ring (bicyclic) bond motifs is 13. The lowest BCUT2D eigenvalue weighted by atomic mass is 10.00. The van der Waals surface area contributed by atoms with Gasteiger partial charge in [-0.3, -0.25) is 4.57 Å². The molecule has 0 N–H and O–H groups in total. The van der Waals surface area contributed by atoms with Gasteiger partial charge in [0.15, 0.2) is 0 Å². The Morgan fingerprint density at radius 2 is 1.07 bits per heavy atom. The van der Waals surface area contributed by atoms with E-state index in [9.17, 15) is 0 Å². The molecule has 0 amide bonds. The van der Waals surface area contributed by atoms with Crippen LogP contribution < -0.4 is 0 Å². The first-order valence-electron chi connectivity index (χ1n) is 19.9. The van der Waals surface area contributed by atoms with Gasteiger partial charge >= 0.3 is 0 Å². The third kappa shape index (κ3) is 4.89. The van der Waals surface area contributed by atoms with Crippen LogP contribution in [0.3, 0.4) is 0 Å². The minimum Gasteiger partial charge on any atom is -0.455 e. The SMILES string of the molecule is c1ccc(-c2ccc3oc4c5cc6c(cc5ccc4c3c2)c2cc(-c3ccccc3)ccc2n6-c2nc(-c3ccccc3)c3c(n2)sc2ccc4ccccc4c23)cc1. The molecule has 274 valence electrons. The lowest BCUT2D eigenvalue weighted by Gasteiger charge is -2.11. The highest BCUT2D eigenvalue weighted by Gasteiger charge is 2.23. The summed E-state index contributed by atoms with van der Waals surface area (Å²) >= 11 is 1.73. The molecular weight excluding hydrogens is 739 g/mol. The molecule has 5 heteroatoms. The molecule has 0 aliphatic rings.